The van der Waals surface area contributed by atoms with E-state index in [1.807, 2.05) is 50.2 Å². The Bertz CT molecular complexity index is 628. The molecule has 2 aromatic rings. The molecule has 4 nitrogen and oxygen atoms in total. The Labute approximate surface area is 144 Å². The first kappa shape index (κ1) is 17.6. The zero-order valence-electron chi connectivity index (χ0n) is 13.1. The monoisotopic (exact) mass is 377 g/mol. The summed E-state index contributed by atoms with van der Waals surface area (Å²) < 4.78 is 6.94. The van der Waals surface area contributed by atoms with E-state index in [2.05, 4.69) is 20.9 Å². The lowest BCUT2D eigenvalue weighted by Gasteiger charge is -2.24. The number of rotatable bonds is 7. The number of carbonyl (C=O) groups is 1. The van der Waals surface area contributed by atoms with E-state index in [4.69, 9.17) is 4.74 Å². The molecule has 0 aliphatic heterocycles. The van der Waals surface area contributed by atoms with E-state index in [9.17, 15) is 9.90 Å². The molecule has 0 fully saturated rings. The molecule has 2 unspecified atom stereocenters. The van der Waals surface area contributed by atoms with Crippen LogP contribution in [0.15, 0.2) is 53.3 Å². The maximum absolute atomic E-state index is 11.5. The van der Waals surface area contributed by atoms with E-state index < -0.39 is 18.2 Å². The Kier molecular flexibility index (Phi) is 6.30. The topological polar surface area (TPSA) is 59.4 Å². The summed E-state index contributed by atoms with van der Waals surface area (Å²) >= 11 is 3.41. The van der Waals surface area contributed by atoms with Gasteiger partial charge in [-0.15, -0.1) is 0 Å². The lowest BCUT2D eigenvalue weighted by molar-refractivity contribution is -0.154. The minimum Gasteiger partial charge on any atom is -0.479 e. The molecular formula is C18H20BrNO3. The number of aromatic nitrogens is 1. The van der Waals surface area contributed by atoms with Crippen LogP contribution in [0.25, 0.3) is 0 Å². The van der Waals surface area contributed by atoms with Gasteiger partial charge in [0.05, 0.1) is 0 Å². The number of benzene rings is 1. The second-order valence-electron chi connectivity index (χ2n) is 5.81. The van der Waals surface area contributed by atoms with E-state index in [1.165, 1.54) is 0 Å². The molecule has 0 bridgehead atoms. The Hall–Kier alpha value is -1.72. The van der Waals surface area contributed by atoms with E-state index in [0.29, 0.717) is 6.42 Å². The van der Waals surface area contributed by atoms with Crippen molar-refractivity contribution in [1.29, 1.82) is 0 Å². The lowest BCUT2D eigenvalue weighted by atomic mass is 10.0. The number of nitrogens with zero attached hydrogens (tertiary/aromatic N) is 1. The molecule has 0 aliphatic carbocycles. The molecule has 0 spiro atoms. The fourth-order valence-corrected chi connectivity index (χ4v) is 2.59. The number of aliphatic carboxylic acids is 1. The third-order valence-corrected chi connectivity index (χ3v) is 3.95. The molecule has 1 aromatic carbocycles. The first-order valence-electron chi connectivity index (χ1n) is 7.51. The normalized spacial score (nSPS) is 13.7. The van der Waals surface area contributed by atoms with Crippen molar-refractivity contribution in [3.8, 4) is 0 Å². The van der Waals surface area contributed by atoms with Crippen molar-refractivity contribution in [3.63, 3.8) is 0 Å². The summed E-state index contributed by atoms with van der Waals surface area (Å²) in [6, 6.07) is 11.4. The molecule has 2 rings (SSSR count). The predicted octanol–water partition coefficient (Wildman–Crippen LogP) is 4.45. The lowest BCUT2D eigenvalue weighted by Crippen LogP contribution is -2.28. The fraction of sp³-hybridized carbons (Fsp3) is 0.333. The summed E-state index contributed by atoms with van der Waals surface area (Å²) in [6.45, 7) is 3.97. The van der Waals surface area contributed by atoms with Crippen LogP contribution in [0.1, 0.15) is 37.5 Å². The third kappa shape index (κ3) is 5.15. The number of ether oxygens (including phenoxy) is 1. The summed E-state index contributed by atoms with van der Waals surface area (Å²) in [6.07, 6.45) is 2.54. The van der Waals surface area contributed by atoms with Gasteiger partial charge in [-0.3, -0.25) is 4.98 Å². The molecule has 0 saturated carbocycles. The molecule has 122 valence electrons. The first-order valence-corrected chi connectivity index (χ1v) is 8.30. The third-order valence-electron chi connectivity index (χ3n) is 3.42. The molecule has 0 saturated heterocycles. The highest BCUT2D eigenvalue weighted by Gasteiger charge is 2.26. The standard InChI is InChI=1S/C18H20BrNO3/c1-12(2)10-16(18(21)22)23-17(14-4-3-9-20-11-14)13-5-7-15(19)8-6-13/h3-9,11-12,16-17H,10H2,1-2H3,(H,21,22). The zero-order valence-corrected chi connectivity index (χ0v) is 14.7. The summed E-state index contributed by atoms with van der Waals surface area (Å²) in [5.41, 5.74) is 1.74. The Morgan fingerprint density at radius 2 is 1.91 bits per heavy atom. The van der Waals surface area contributed by atoms with Gasteiger partial charge in [-0.1, -0.05) is 48.0 Å². The van der Waals surface area contributed by atoms with Crippen molar-refractivity contribution in [2.45, 2.75) is 32.5 Å². The van der Waals surface area contributed by atoms with Gasteiger partial charge in [-0.05, 0) is 36.1 Å². The number of pyridine rings is 1. The highest BCUT2D eigenvalue weighted by atomic mass is 79.9. The first-order chi connectivity index (χ1) is 11.0. The number of carboxylic acid groups (broad SMARTS) is 1. The smallest absolute Gasteiger partial charge is 0.332 e. The molecule has 1 N–H and O–H groups in total. The Morgan fingerprint density at radius 3 is 2.43 bits per heavy atom. The van der Waals surface area contributed by atoms with Crippen LogP contribution in [0, 0.1) is 5.92 Å². The van der Waals surface area contributed by atoms with E-state index in [-0.39, 0.29) is 5.92 Å². The van der Waals surface area contributed by atoms with Crippen molar-refractivity contribution >= 4 is 21.9 Å². The van der Waals surface area contributed by atoms with Crippen LogP contribution in [0.4, 0.5) is 0 Å². The molecule has 1 heterocycles. The van der Waals surface area contributed by atoms with Gasteiger partial charge in [-0.25, -0.2) is 4.79 Å². The Morgan fingerprint density at radius 1 is 1.22 bits per heavy atom. The van der Waals surface area contributed by atoms with Crippen molar-refractivity contribution in [3.05, 3.63) is 64.4 Å². The van der Waals surface area contributed by atoms with Gasteiger partial charge < -0.3 is 9.84 Å². The number of carboxylic acids is 1. The van der Waals surface area contributed by atoms with Gasteiger partial charge in [0.15, 0.2) is 6.10 Å². The second kappa shape index (κ2) is 8.22. The molecule has 0 aliphatic rings. The van der Waals surface area contributed by atoms with Gasteiger partial charge in [0.25, 0.3) is 0 Å². The van der Waals surface area contributed by atoms with Crippen molar-refractivity contribution in [2.75, 3.05) is 0 Å². The van der Waals surface area contributed by atoms with E-state index >= 15 is 0 Å². The summed E-state index contributed by atoms with van der Waals surface area (Å²) in [5.74, 6) is -0.708. The SMILES string of the molecule is CC(C)CC(OC(c1ccc(Br)cc1)c1cccnc1)C(=O)O. The van der Waals surface area contributed by atoms with Gasteiger partial charge >= 0.3 is 5.97 Å². The molecule has 1 aromatic heterocycles. The van der Waals surface area contributed by atoms with Crippen molar-refractivity contribution < 1.29 is 14.6 Å². The number of hydrogen-bond acceptors (Lipinski definition) is 3. The summed E-state index contributed by atoms with van der Waals surface area (Å²) in [7, 11) is 0. The van der Waals surface area contributed by atoms with Gasteiger partial charge in [0.2, 0.25) is 0 Å². The molecule has 23 heavy (non-hydrogen) atoms. The largest absolute Gasteiger partial charge is 0.479 e. The van der Waals surface area contributed by atoms with Crippen molar-refractivity contribution in [1.82, 2.24) is 4.98 Å². The second-order valence-corrected chi connectivity index (χ2v) is 6.73. The van der Waals surface area contributed by atoms with Crippen LogP contribution in [-0.2, 0) is 9.53 Å². The van der Waals surface area contributed by atoms with Crippen LogP contribution < -0.4 is 0 Å². The van der Waals surface area contributed by atoms with E-state index in [1.54, 1.807) is 12.4 Å². The van der Waals surface area contributed by atoms with E-state index in [0.717, 1.165) is 15.6 Å². The molecule has 0 amide bonds. The maximum atomic E-state index is 11.5. The zero-order chi connectivity index (χ0) is 16.8. The average molecular weight is 378 g/mol. The predicted molar refractivity (Wildman–Crippen MR) is 92.2 cm³/mol. The van der Waals surface area contributed by atoms with Crippen LogP contribution in [0.5, 0.6) is 0 Å². The highest BCUT2D eigenvalue weighted by Crippen LogP contribution is 2.29. The maximum Gasteiger partial charge on any atom is 0.332 e. The highest BCUT2D eigenvalue weighted by molar-refractivity contribution is 9.10. The van der Waals surface area contributed by atoms with Crippen molar-refractivity contribution in [2.24, 2.45) is 5.92 Å². The van der Waals surface area contributed by atoms with Crippen LogP contribution >= 0.6 is 15.9 Å². The Balaban J connectivity index is 2.33. The van der Waals surface area contributed by atoms with Crippen LogP contribution in [0.2, 0.25) is 0 Å². The summed E-state index contributed by atoms with van der Waals surface area (Å²) in [5, 5.41) is 9.46. The minimum atomic E-state index is -0.940. The fourth-order valence-electron chi connectivity index (χ4n) is 2.33. The van der Waals surface area contributed by atoms with Crippen LogP contribution in [-0.4, -0.2) is 22.2 Å². The van der Waals surface area contributed by atoms with Gasteiger partial charge in [0, 0.05) is 22.4 Å². The molecule has 0 radical (unpaired) electrons. The quantitative estimate of drug-likeness (QED) is 0.774. The summed E-state index contributed by atoms with van der Waals surface area (Å²) in [4.78, 5) is 15.7. The van der Waals surface area contributed by atoms with Gasteiger partial charge in [0.1, 0.15) is 6.10 Å². The number of halogens is 1. The average Bonchev–Trinajstić information content (AvgIpc) is 2.53. The minimum absolute atomic E-state index is 0.232. The van der Waals surface area contributed by atoms with Crippen LogP contribution in [0.3, 0.4) is 0 Å². The van der Waals surface area contributed by atoms with Gasteiger partial charge in [-0.2, -0.15) is 0 Å². The molecular weight excluding hydrogens is 358 g/mol. The number of hydrogen-bond donors (Lipinski definition) is 1. The molecule has 5 heteroatoms. The molecule has 2 atom stereocenters.